The maximum atomic E-state index is 13.1. The van der Waals surface area contributed by atoms with Crippen LogP contribution in [0.1, 0.15) is 19.8 Å². The van der Waals surface area contributed by atoms with E-state index in [2.05, 4.69) is 0 Å². The Labute approximate surface area is 103 Å². The van der Waals surface area contributed by atoms with E-state index in [1.165, 1.54) is 24.3 Å². The van der Waals surface area contributed by atoms with Crippen LogP contribution in [0.2, 0.25) is 0 Å². The van der Waals surface area contributed by atoms with Crippen molar-refractivity contribution in [2.75, 3.05) is 4.90 Å². The third-order valence-corrected chi connectivity index (χ3v) is 2.58. The lowest BCUT2D eigenvalue weighted by molar-refractivity contribution is -0.137. The minimum Gasteiger partial charge on any atom is -0.370 e. The molecule has 1 unspecified atom stereocenters. The minimum atomic E-state index is -4.54. The number of carbonyl (C=O) groups excluding carboxylic acids is 1. The summed E-state index contributed by atoms with van der Waals surface area (Å²) in [5.74, 6) is -0.743. The van der Waals surface area contributed by atoms with E-state index in [4.69, 9.17) is 5.73 Å². The number of primary amides is 1. The first-order valence-corrected chi connectivity index (χ1v) is 5.55. The molecule has 1 amide bonds. The van der Waals surface area contributed by atoms with Gasteiger partial charge in [0.1, 0.15) is 0 Å². The van der Waals surface area contributed by atoms with Crippen LogP contribution in [0.4, 0.5) is 18.9 Å². The molecule has 1 atom stereocenters. The summed E-state index contributed by atoms with van der Waals surface area (Å²) in [6, 6.07) is 6.40. The highest BCUT2D eigenvalue weighted by Gasteiger charge is 2.41. The number of benzene rings is 1. The number of carbonyl (C=O) groups is 1. The molecule has 0 saturated heterocycles. The monoisotopic (exact) mass is 260 g/mol. The van der Waals surface area contributed by atoms with Crippen molar-refractivity contribution in [1.29, 1.82) is 0 Å². The van der Waals surface area contributed by atoms with Crippen LogP contribution < -0.4 is 10.6 Å². The lowest BCUT2D eigenvalue weighted by atomic mass is 10.1. The number of hydrogen-bond donors (Lipinski definition) is 1. The molecule has 0 radical (unpaired) electrons. The third-order valence-electron chi connectivity index (χ3n) is 2.58. The molecule has 100 valence electrons. The Balaban J connectivity index is 3.09. The van der Waals surface area contributed by atoms with Gasteiger partial charge in [0.15, 0.2) is 0 Å². The van der Waals surface area contributed by atoms with E-state index in [0.717, 1.165) is 0 Å². The Kier molecular flexibility index (Phi) is 4.58. The topological polar surface area (TPSA) is 46.3 Å². The summed E-state index contributed by atoms with van der Waals surface area (Å²) in [6.45, 7) is 1.59. The summed E-state index contributed by atoms with van der Waals surface area (Å²) in [5, 5.41) is 0. The molecule has 0 aromatic heterocycles. The van der Waals surface area contributed by atoms with Crippen molar-refractivity contribution >= 4 is 11.6 Å². The number of nitrogens with two attached hydrogens (primary N) is 1. The number of hydrogen-bond acceptors (Lipinski definition) is 2. The Morgan fingerprint density at radius 2 is 1.89 bits per heavy atom. The molecule has 2 N–H and O–H groups in total. The van der Waals surface area contributed by atoms with Gasteiger partial charge in [0.2, 0.25) is 5.91 Å². The van der Waals surface area contributed by atoms with Crippen molar-refractivity contribution in [3.63, 3.8) is 0 Å². The van der Waals surface area contributed by atoms with Crippen LogP contribution in [-0.2, 0) is 4.79 Å². The van der Waals surface area contributed by atoms with Crippen LogP contribution in [0.3, 0.4) is 0 Å². The van der Waals surface area contributed by atoms with Gasteiger partial charge >= 0.3 is 6.30 Å². The van der Waals surface area contributed by atoms with E-state index >= 15 is 0 Å². The Hall–Kier alpha value is -1.72. The average molecular weight is 260 g/mol. The van der Waals surface area contributed by atoms with Crippen LogP contribution in [0.15, 0.2) is 30.3 Å². The van der Waals surface area contributed by atoms with Crippen molar-refractivity contribution in [2.24, 2.45) is 5.73 Å². The van der Waals surface area contributed by atoms with Gasteiger partial charge in [-0.05, 0) is 18.6 Å². The van der Waals surface area contributed by atoms with Crippen LogP contribution in [0.25, 0.3) is 0 Å². The van der Waals surface area contributed by atoms with Crippen molar-refractivity contribution in [3.8, 4) is 0 Å². The standard InChI is InChI=1S/C12H15F3N2O/c1-2-9(8-11(16)18)17(12(13,14)15)10-6-4-3-5-7-10/h3-7,9H,2,8H2,1H3,(H2,16,18). The molecule has 0 saturated carbocycles. The Morgan fingerprint density at radius 3 is 2.28 bits per heavy atom. The van der Waals surface area contributed by atoms with E-state index in [1.54, 1.807) is 13.0 Å². The third kappa shape index (κ3) is 3.65. The van der Waals surface area contributed by atoms with E-state index in [1.807, 2.05) is 0 Å². The maximum Gasteiger partial charge on any atom is 0.485 e. The zero-order valence-electron chi connectivity index (χ0n) is 9.95. The van der Waals surface area contributed by atoms with Crippen molar-refractivity contribution in [3.05, 3.63) is 30.3 Å². The Bertz CT molecular complexity index is 392. The molecule has 0 fully saturated rings. The molecule has 1 aromatic carbocycles. The lowest BCUT2D eigenvalue weighted by Gasteiger charge is -2.33. The molecular formula is C12H15F3N2O. The number of halogens is 3. The molecule has 3 nitrogen and oxygen atoms in total. The summed E-state index contributed by atoms with van der Waals surface area (Å²) in [5.41, 5.74) is 5.01. The lowest BCUT2D eigenvalue weighted by Crippen LogP contribution is -2.47. The van der Waals surface area contributed by atoms with E-state index in [0.29, 0.717) is 0 Å². The first-order chi connectivity index (χ1) is 8.36. The van der Waals surface area contributed by atoms with Crippen LogP contribution in [0, 0.1) is 0 Å². The van der Waals surface area contributed by atoms with Gasteiger partial charge in [0, 0.05) is 18.2 Å². The highest BCUT2D eigenvalue weighted by atomic mass is 19.4. The highest BCUT2D eigenvalue weighted by Crippen LogP contribution is 2.32. The number of rotatable bonds is 5. The number of para-hydroxylation sites is 1. The largest absolute Gasteiger partial charge is 0.485 e. The smallest absolute Gasteiger partial charge is 0.370 e. The predicted molar refractivity (Wildman–Crippen MR) is 62.9 cm³/mol. The molecule has 0 bridgehead atoms. The second-order valence-corrected chi connectivity index (χ2v) is 3.91. The predicted octanol–water partition coefficient (Wildman–Crippen LogP) is 2.67. The van der Waals surface area contributed by atoms with Crippen LogP contribution >= 0.6 is 0 Å². The van der Waals surface area contributed by atoms with Gasteiger partial charge in [-0.2, -0.15) is 13.2 Å². The molecule has 0 aliphatic rings. The molecule has 0 heterocycles. The van der Waals surface area contributed by atoms with Crippen molar-refractivity contribution in [1.82, 2.24) is 0 Å². The number of anilines is 1. The first-order valence-electron chi connectivity index (χ1n) is 5.55. The second kappa shape index (κ2) is 5.75. The molecule has 6 heteroatoms. The maximum absolute atomic E-state index is 13.1. The molecule has 0 aliphatic carbocycles. The van der Waals surface area contributed by atoms with Crippen LogP contribution in [0.5, 0.6) is 0 Å². The van der Waals surface area contributed by atoms with Gasteiger partial charge in [-0.3, -0.25) is 9.69 Å². The SMILES string of the molecule is CCC(CC(N)=O)N(c1ccccc1)C(F)(F)F. The average Bonchev–Trinajstić information content (AvgIpc) is 2.27. The normalized spacial score (nSPS) is 13.1. The quantitative estimate of drug-likeness (QED) is 0.827. The summed E-state index contributed by atoms with van der Waals surface area (Å²) in [4.78, 5) is 11.1. The Morgan fingerprint density at radius 1 is 1.33 bits per heavy atom. The molecule has 18 heavy (non-hydrogen) atoms. The number of alkyl halides is 3. The fraction of sp³-hybridized carbons (Fsp3) is 0.417. The zero-order valence-corrected chi connectivity index (χ0v) is 9.95. The van der Waals surface area contributed by atoms with Gasteiger partial charge < -0.3 is 5.73 Å². The van der Waals surface area contributed by atoms with Crippen LogP contribution in [-0.4, -0.2) is 18.2 Å². The van der Waals surface area contributed by atoms with Crippen molar-refractivity contribution in [2.45, 2.75) is 32.1 Å². The van der Waals surface area contributed by atoms with E-state index < -0.39 is 18.2 Å². The highest BCUT2D eigenvalue weighted by molar-refractivity contribution is 5.75. The molecule has 0 spiro atoms. The first kappa shape index (κ1) is 14.3. The fourth-order valence-corrected chi connectivity index (χ4v) is 1.80. The van der Waals surface area contributed by atoms with Gasteiger partial charge in [0.05, 0.1) is 0 Å². The molecule has 1 rings (SSSR count). The van der Waals surface area contributed by atoms with E-state index in [9.17, 15) is 18.0 Å². The van der Waals surface area contributed by atoms with Gasteiger partial charge in [-0.1, -0.05) is 25.1 Å². The van der Waals surface area contributed by atoms with Crippen molar-refractivity contribution < 1.29 is 18.0 Å². The zero-order chi connectivity index (χ0) is 13.8. The van der Waals surface area contributed by atoms with E-state index in [-0.39, 0.29) is 23.4 Å². The second-order valence-electron chi connectivity index (χ2n) is 3.91. The molecule has 0 aliphatic heterocycles. The molecular weight excluding hydrogens is 245 g/mol. The number of amides is 1. The minimum absolute atomic E-state index is 0.0121. The molecule has 1 aromatic rings. The summed E-state index contributed by atoms with van der Waals surface area (Å²) < 4.78 is 39.2. The summed E-state index contributed by atoms with van der Waals surface area (Å²) in [6.07, 6.45) is -4.69. The number of nitrogens with zero attached hydrogens (tertiary/aromatic N) is 1. The van der Waals surface area contributed by atoms with Gasteiger partial charge in [-0.15, -0.1) is 0 Å². The summed E-state index contributed by atoms with van der Waals surface area (Å²) >= 11 is 0. The van der Waals surface area contributed by atoms with Gasteiger partial charge in [0.25, 0.3) is 0 Å². The fourth-order valence-electron chi connectivity index (χ4n) is 1.80. The summed E-state index contributed by atoms with van der Waals surface area (Å²) in [7, 11) is 0. The van der Waals surface area contributed by atoms with Gasteiger partial charge in [-0.25, -0.2) is 0 Å².